The molecule has 31 heavy (non-hydrogen) atoms. The van der Waals surface area contributed by atoms with Crippen LogP contribution in [0.4, 0.5) is 11.8 Å². The number of nitrogens with one attached hydrogen (secondary N) is 1. The van der Waals surface area contributed by atoms with Gasteiger partial charge in [0.2, 0.25) is 11.9 Å². The zero-order valence-electron chi connectivity index (χ0n) is 19.3. The van der Waals surface area contributed by atoms with Crippen molar-refractivity contribution in [1.29, 1.82) is 0 Å². The first kappa shape index (κ1) is 22.3. The Balaban J connectivity index is 1.34. The number of hydrogen-bond donors (Lipinski definition) is 1. The monoisotopic (exact) mass is 428 g/mol. The maximum Gasteiger partial charge on any atom is 0.224 e. The van der Waals surface area contributed by atoms with E-state index >= 15 is 0 Å². The number of likely N-dealkylation sites (tertiary alicyclic amines) is 2. The normalized spacial score (nSPS) is 24.5. The van der Waals surface area contributed by atoms with Crippen LogP contribution in [-0.2, 0) is 4.79 Å². The van der Waals surface area contributed by atoms with E-state index in [9.17, 15) is 4.79 Å². The maximum atomic E-state index is 12.0. The first-order chi connectivity index (χ1) is 15.2. The van der Waals surface area contributed by atoms with Crippen LogP contribution in [0.3, 0.4) is 0 Å². The van der Waals surface area contributed by atoms with E-state index in [4.69, 9.17) is 4.98 Å². The fourth-order valence-electron chi connectivity index (χ4n) is 5.40. The standard InChI is InChI=1S/C24H40N6O/c1-2-23(31)29-17-11-21(12-18-29)30-16-8-5-9-20(19-30)26-24-25-13-10-22(27-24)28-14-6-3-4-7-15-28/h10,13,20-21H,2-9,11-12,14-19H2,1H3,(H,25,26,27). The van der Waals surface area contributed by atoms with Crippen LogP contribution in [0.1, 0.15) is 71.1 Å². The Morgan fingerprint density at radius 1 is 1.00 bits per heavy atom. The van der Waals surface area contributed by atoms with Gasteiger partial charge in [-0.25, -0.2) is 4.98 Å². The molecule has 0 radical (unpaired) electrons. The molecule has 1 unspecified atom stereocenters. The number of amides is 1. The summed E-state index contributed by atoms with van der Waals surface area (Å²) in [7, 11) is 0. The molecule has 3 fully saturated rings. The first-order valence-corrected chi connectivity index (χ1v) is 12.6. The number of rotatable bonds is 5. The molecule has 4 heterocycles. The highest BCUT2D eigenvalue weighted by Gasteiger charge is 2.29. The van der Waals surface area contributed by atoms with Gasteiger partial charge < -0.3 is 15.1 Å². The Kier molecular flexibility index (Phi) is 8.00. The minimum Gasteiger partial charge on any atom is -0.356 e. The molecule has 3 aliphatic heterocycles. The minimum absolute atomic E-state index is 0.301. The van der Waals surface area contributed by atoms with Gasteiger partial charge in [0.15, 0.2) is 0 Å². The van der Waals surface area contributed by atoms with E-state index in [2.05, 4.69) is 26.2 Å². The summed E-state index contributed by atoms with van der Waals surface area (Å²) in [6.45, 7) is 8.20. The molecule has 7 nitrogen and oxygen atoms in total. The lowest BCUT2D eigenvalue weighted by atomic mass is 10.0. The SMILES string of the molecule is CCC(=O)N1CCC(N2CCCCC(Nc3nccc(N4CCCCCC4)n3)C2)CC1. The zero-order valence-corrected chi connectivity index (χ0v) is 19.3. The molecular weight excluding hydrogens is 388 g/mol. The van der Waals surface area contributed by atoms with Crippen LogP contribution >= 0.6 is 0 Å². The van der Waals surface area contributed by atoms with E-state index in [1.165, 1.54) is 51.5 Å². The Labute approximate surface area is 187 Å². The van der Waals surface area contributed by atoms with Crippen LogP contribution in [0, 0.1) is 0 Å². The van der Waals surface area contributed by atoms with E-state index in [-0.39, 0.29) is 0 Å². The molecule has 0 bridgehead atoms. The quantitative estimate of drug-likeness (QED) is 0.774. The van der Waals surface area contributed by atoms with Gasteiger partial charge in [-0.15, -0.1) is 0 Å². The van der Waals surface area contributed by atoms with Crippen LogP contribution in [0.25, 0.3) is 0 Å². The number of anilines is 2. The molecule has 4 rings (SSSR count). The molecule has 0 aliphatic carbocycles. The van der Waals surface area contributed by atoms with E-state index < -0.39 is 0 Å². The average Bonchev–Trinajstić information content (AvgIpc) is 3.22. The third kappa shape index (κ3) is 6.09. The summed E-state index contributed by atoms with van der Waals surface area (Å²) in [4.78, 5) is 28.6. The molecule has 1 aromatic heterocycles. The van der Waals surface area contributed by atoms with Gasteiger partial charge in [0.1, 0.15) is 5.82 Å². The summed E-state index contributed by atoms with van der Waals surface area (Å²) in [6, 6.07) is 3.03. The molecule has 1 N–H and O–H groups in total. The molecule has 0 spiro atoms. The van der Waals surface area contributed by atoms with Gasteiger partial charge in [-0.3, -0.25) is 9.69 Å². The van der Waals surface area contributed by atoms with E-state index in [1.54, 1.807) is 0 Å². The summed E-state index contributed by atoms with van der Waals surface area (Å²) >= 11 is 0. The predicted molar refractivity (Wildman–Crippen MR) is 125 cm³/mol. The van der Waals surface area contributed by atoms with Crippen molar-refractivity contribution in [3.8, 4) is 0 Å². The summed E-state index contributed by atoms with van der Waals surface area (Å²) in [6.07, 6.45) is 13.6. The van der Waals surface area contributed by atoms with Gasteiger partial charge in [-0.1, -0.05) is 26.2 Å². The highest BCUT2D eigenvalue weighted by Crippen LogP contribution is 2.23. The Morgan fingerprint density at radius 3 is 2.48 bits per heavy atom. The molecule has 7 heteroatoms. The number of hydrogen-bond acceptors (Lipinski definition) is 6. The Bertz CT molecular complexity index is 697. The highest BCUT2D eigenvalue weighted by atomic mass is 16.2. The molecule has 0 saturated carbocycles. The van der Waals surface area contributed by atoms with Crippen molar-refractivity contribution in [2.24, 2.45) is 0 Å². The lowest BCUT2D eigenvalue weighted by Crippen LogP contribution is -2.49. The first-order valence-electron chi connectivity index (χ1n) is 12.6. The molecule has 0 aromatic carbocycles. The van der Waals surface area contributed by atoms with Gasteiger partial charge in [-0.2, -0.15) is 4.98 Å². The smallest absolute Gasteiger partial charge is 0.224 e. The number of carbonyl (C=O) groups is 1. The molecule has 1 atom stereocenters. The van der Waals surface area contributed by atoms with E-state index in [0.29, 0.717) is 24.4 Å². The average molecular weight is 429 g/mol. The molecular formula is C24H40N6O. The van der Waals surface area contributed by atoms with Gasteiger partial charge in [-0.05, 0) is 51.1 Å². The number of piperidine rings is 1. The van der Waals surface area contributed by atoms with Gasteiger partial charge in [0.05, 0.1) is 0 Å². The van der Waals surface area contributed by atoms with Crippen LogP contribution in [0.15, 0.2) is 12.3 Å². The summed E-state index contributed by atoms with van der Waals surface area (Å²) in [5.74, 6) is 2.14. The Hall–Kier alpha value is -1.89. The van der Waals surface area contributed by atoms with Gasteiger partial charge in [0.25, 0.3) is 0 Å². The molecule has 3 aliphatic rings. The van der Waals surface area contributed by atoms with Crippen LogP contribution in [0.5, 0.6) is 0 Å². The summed E-state index contributed by atoms with van der Waals surface area (Å²) < 4.78 is 0. The number of carbonyl (C=O) groups excluding carboxylic acids is 1. The van der Waals surface area contributed by atoms with Crippen molar-refractivity contribution in [3.63, 3.8) is 0 Å². The lowest BCUT2D eigenvalue weighted by molar-refractivity contribution is -0.132. The Morgan fingerprint density at radius 2 is 1.74 bits per heavy atom. The fourth-order valence-corrected chi connectivity index (χ4v) is 5.40. The minimum atomic E-state index is 0.301. The van der Waals surface area contributed by atoms with Gasteiger partial charge >= 0.3 is 0 Å². The predicted octanol–water partition coefficient (Wildman–Crippen LogP) is 3.52. The van der Waals surface area contributed by atoms with Crippen LogP contribution < -0.4 is 10.2 Å². The van der Waals surface area contributed by atoms with Crippen molar-refractivity contribution in [3.05, 3.63) is 12.3 Å². The van der Waals surface area contributed by atoms with Gasteiger partial charge in [0, 0.05) is 57.4 Å². The second-order valence-corrected chi connectivity index (χ2v) is 9.44. The van der Waals surface area contributed by atoms with Crippen molar-refractivity contribution in [2.45, 2.75) is 83.2 Å². The summed E-state index contributed by atoms with van der Waals surface area (Å²) in [5, 5.41) is 3.67. The molecule has 1 aromatic rings. The molecule has 1 amide bonds. The van der Waals surface area contributed by atoms with Crippen molar-refractivity contribution < 1.29 is 4.79 Å². The number of aromatic nitrogens is 2. The molecule has 172 valence electrons. The van der Waals surface area contributed by atoms with Crippen molar-refractivity contribution in [2.75, 3.05) is 49.5 Å². The molecule has 3 saturated heterocycles. The van der Waals surface area contributed by atoms with Crippen molar-refractivity contribution >= 4 is 17.7 Å². The van der Waals surface area contributed by atoms with E-state index in [0.717, 1.165) is 57.3 Å². The van der Waals surface area contributed by atoms with Crippen LogP contribution in [-0.4, -0.2) is 77.0 Å². The summed E-state index contributed by atoms with van der Waals surface area (Å²) in [5.41, 5.74) is 0. The van der Waals surface area contributed by atoms with E-state index in [1.807, 2.05) is 18.0 Å². The second-order valence-electron chi connectivity index (χ2n) is 9.44. The third-order valence-corrected chi connectivity index (χ3v) is 7.24. The fraction of sp³-hybridized carbons (Fsp3) is 0.792. The third-order valence-electron chi connectivity index (χ3n) is 7.24. The topological polar surface area (TPSA) is 64.6 Å². The maximum absolute atomic E-state index is 12.0. The number of nitrogens with zero attached hydrogens (tertiary/aromatic N) is 5. The largest absolute Gasteiger partial charge is 0.356 e. The van der Waals surface area contributed by atoms with Crippen LogP contribution in [0.2, 0.25) is 0 Å². The lowest BCUT2D eigenvalue weighted by Gasteiger charge is -2.39. The zero-order chi connectivity index (χ0) is 21.5. The second kappa shape index (κ2) is 11.1. The van der Waals surface area contributed by atoms with Crippen molar-refractivity contribution in [1.82, 2.24) is 19.8 Å². The highest BCUT2D eigenvalue weighted by molar-refractivity contribution is 5.75.